The second-order valence-electron chi connectivity index (χ2n) is 5.58. The van der Waals surface area contributed by atoms with E-state index in [0.29, 0.717) is 11.3 Å². The number of fused-ring (bicyclic) bond motifs is 1. The van der Waals surface area contributed by atoms with E-state index in [1.165, 1.54) is 0 Å². The third-order valence-electron chi connectivity index (χ3n) is 3.74. The van der Waals surface area contributed by atoms with Gasteiger partial charge < -0.3 is 4.74 Å². The molecule has 0 aromatic heterocycles. The highest BCUT2D eigenvalue weighted by Gasteiger charge is 2.16. The van der Waals surface area contributed by atoms with Crippen LogP contribution in [-0.2, 0) is 4.79 Å². The van der Waals surface area contributed by atoms with Crippen molar-refractivity contribution >= 4 is 22.6 Å². The Hall–Kier alpha value is -3.34. The van der Waals surface area contributed by atoms with E-state index in [0.717, 1.165) is 10.8 Å². The van der Waals surface area contributed by atoms with Crippen LogP contribution < -0.4 is 15.6 Å². The van der Waals surface area contributed by atoms with Crippen LogP contribution >= 0.6 is 0 Å². The van der Waals surface area contributed by atoms with Gasteiger partial charge in [0.2, 0.25) is 0 Å². The van der Waals surface area contributed by atoms with Crippen molar-refractivity contribution in [1.82, 2.24) is 10.9 Å². The lowest BCUT2D eigenvalue weighted by atomic mass is 10.1. The summed E-state index contributed by atoms with van der Waals surface area (Å²) in [4.78, 5) is 24.0. The normalized spacial score (nSPS) is 11.6. The second kappa shape index (κ2) is 7.49. The fourth-order valence-electron chi connectivity index (χ4n) is 2.38. The Bertz CT molecular complexity index is 894. The molecule has 25 heavy (non-hydrogen) atoms. The summed E-state index contributed by atoms with van der Waals surface area (Å²) in [6, 6.07) is 22.2. The number of carbonyl (C=O) groups is 2. The average Bonchev–Trinajstić information content (AvgIpc) is 2.66. The van der Waals surface area contributed by atoms with Crippen molar-refractivity contribution in [3.05, 3.63) is 78.4 Å². The molecule has 1 atom stereocenters. The Morgan fingerprint density at radius 1 is 0.840 bits per heavy atom. The summed E-state index contributed by atoms with van der Waals surface area (Å²) in [5, 5.41) is 2.13. The molecule has 0 bridgehead atoms. The van der Waals surface area contributed by atoms with Crippen molar-refractivity contribution in [1.29, 1.82) is 0 Å². The maximum absolute atomic E-state index is 12.1. The van der Waals surface area contributed by atoms with E-state index < -0.39 is 12.0 Å². The van der Waals surface area contributed by atoms with Crippen molar-refractivity contribution < 1.29 is 14.3 Å². The highest BCUT2D eigenvalue weighted by molar-refractivity contribution is 5.95. The van der Waals surface area contributed by atoms with Crippen molar-refractivity contribution in [2.75, 3.05) is 0 Å². The second-order valence-corrected chi connectivity index (χ2v) is 5.58. The van der Waals surface area contributed by atoms with Gasteiger partial charge in [-0.15, -0.1) is 0 Å². The summed E-state index contributed by atoms with van der Waals surface area (Å²) in [6.07, 6.45) is -0.753. The third kappa shape index (κ3) is 4.14. The van der Waals surface area contributed by atoms with E-state index in [1.54, 1.807) is 31.2 Å². The fourth-order valence-corrected chi connectivity index (χ4v) is 2.38. The quantitative estimate of drug-likeness (QED) is 0.721. The molecule has 0 aliphatic heterocycles. The Morgan fingerprint density at radius 3 is 2.28 bits per heavy atom. The van der Waals surface area contributed by atoms with E-state index in [4.69, 9.17) is 4.74 Å². The van der Waals surface area contributed by atoms with Crippen LogP contribution in [0.5, 0.6) is 5.75 Å². The molecule has 2 N–H and O–H groups in total. The zero-order chi connectivity index (χ0) is 17.6. The lowest BCUT2D eigenvalue weighted by molar-refractivity contribution is -0.128. The van der Waals surface area contributed by atoms with Crippen LogP contribution in [0.2, 0.25) is 0 Å². The number of rotatable bonds is 4. The van der Waals surface area contributed by atoms with Gasteiger partial charge in [-0.2, -0.15) is 0 Å². The molecule has 126 valence electrons. The smallest absolute Gasteiger partial charge is 0.279 e. The molecule has 0 unspecified atom stereocenters. The van der Waals surface area contributed by atoms with Gasteiger partial charge in [0.15, 0.2) is 6.10 Å². The van der Waals surface area contributed by atoms with E-state index in [-0.39, 0.29) is 5.91 Å². The van der Waals surface area contributed by atoms with Gasteiger partial charge in [0.1, 0.15) is 5.75 Å². The number of nitrogens with one attached hydrogen (secondary N) is 2. The van der Waals surface area contributed by atoms with Crippen molar-refractivity contribution in [2.24, 2.45) is 0 Å². The summed E-state index contributed by atoms with van der Waals surface area (Å²) < 4.78 is 5.66. The van der Waals surface area contributed by atoms with Crippen molar-refractivity contribution in [3.63, 3.8) is 0 Å². The van der Waals surface area contributed by atoms with Crippen LogP contribution in [-0.4, -0.2) is 17.9 Å². The Kier molecular flexibility index (Phi) is 4.95. The lowest BCUT2D eigenvalue weighted by Gasteiger charge is -2.15. The van der Waals surface area contributed by atoms with Crippen molar-refractivity contribution in [3.8, 4) is 5.75 Å². The number of amides is 2. The van der Waals surface area contributed by atoms with E-state index in [1.807, 2.05) is 48.5 Å². The molecule has 0 saturated carbocycles. The number of carbonyl (C=O) groups excluding carboxylic acids is 2. The van der Waals surface area contributed by atoms with E-state index in [9.17, 15) is 9.59 Å². The molecule has 0 fully saturated rings. The Balaban J connectivity index is 1.57. The van der Waals surface area contributed by atoms with E-state index in [2.05, 4.69) is 10.9 Å². The molecule has 0 radical (unpaired) electrons. The molecule has 5 heteroatoms. The Morgan fingerprint density at radius 2 is 1.52 bits per heavy atom. The van der Waals surface area contributed by atoms with E-state index >= 15 is 0 Å². The number of ether oxygens (including phenoxy) is 1. The maximum Gasteiger partial charge on any atom is 0.279 e. The highest BCUT2D eigenvalue weighted by atomic mass is 16.5. The minimum Gasteiger partial charge on any atom is -0.481 e. The predicted molar refractivity (Wildman–Crippen MR) is 96.1 cm³/mol. The average molecular weight is 334 g/mol. The molecule has 5 nitrogen and oxygen atoms in total. The largest absolute Gasteiger partial charge is 0.481 e. The molecule has 3 rings (SSSR count). The number of benzene rings is 3. The number of hydrazine groups is 1. The molecule has 0 heterocycles. The zero-order valence-corrected chi connectivity index (χ0v) is 13.7. The van der Waals surface area contributed by atoms with Gasteiger partial charge in [-0.1, -0.05) is 48.5 Å². The van der Waals surface area contributed by atoms with Gasteiger partial charge in [0, 0.05) is 5.56 Å². The number of hydrogen-bond donors (Lipinski definition) is 2. The van der Waals surface area contributed by atoms with Gasteiger partial charge >= 0.3 is 0 Å². The number of hydrogen-bond acceptors (Lipinski definition) is 3. The summed E-state index contributed by atoms with van der Waals surface area (Å²) in [7, 11) is 0. The molecular weight excluding hydrogens is 316 g/mol. The van der Waals surface area contributed by atoms with Gasteiger partial charge in [-0.3, -0.25) is 20.4 Å². The first-order valence-electron chi connectivity index (χ1n) is 7.94. The third-order valence-corrected chi connectivity index (χ3v) is 3.74. The van der Waals surface area contributed by atoms with Crippen LogP contribution in [0, 0.1) is 0 Å². The Labute approximate surface area is 145 Å². The van der Waals surface area contributed by atoms with Gasteiger partial charge in [0.05, 0.1) is 0 Å². The van der Waals surface area contributed by atoms with Crippen molar-refractivity contribution in [2.45, 2.75) is 13.0 Å². The summed E-state index contributed by atoms with van der Waals surface area (Å²) in [6.45, 7) is 1.62. The zero-order valence-electron chi connectivity index (χ0n) is 13.7. The van der Waals surface area contributed by atoms with Crippen LogP contribution in [0.25, 0.3) is 10.8 Å². The first kappa shape index (κ1) is 16.5. The minimum atomic E-state index is -0.753. The van der Waals surface area contributed by atoms with Gasteiger partial charge in [0.25, 0.3) is 11.8 Å². The SMILES string of the molecule is C[C@@H](Oc1ccc2ccccc2c1)C(=O)NNC(=O)c1ccccc1. The molecule has 0 aliphatic carbocycles. The predicted octanol–water partition coefficient (Wildman–Crippen LogP) is 3.07. The first-order chi connectivity index (χ1) is 12.1. The summed E-state index contributed by atoms with van der Waals surface area (Å²) in [5.41, 5.74) is 5.21. The molecule has 3 aromatic carbocycles. The van der Waals surface area contributed by atoms with Crippen LogP contribution in [0.3, 0.4) is 0 Å². The summed E-state index contributed by atoms with van der Waals surface area (Å²) in [5.74, 6) is -0.222. The fraction of sp³-hybridized carbons (Fsp3) is 0.100. The highest BCUT2D eigenvalue weighted by Crippen LogP contribution is 2.21. The molecule has 0 spiro atoms. The standard InChI is InChI=1S/C20H18N2O3/c1-14(19(23)21-22-20(24)16-8-3-2-4-9-16)25-18-12-11-15-7-5-6-10-17(15)13-18/h2-14H,1H3,(H,21,23)(H,22,24)/t14-/m1/s1. The summed E-state index contributed by atoms with van der Waals surface area (Å²) >= 11 is 0. The molecule has 0 aliphatic rings. The van der Waals surface area contributed by atoms with Crippen LogP contribution in [0.15, 0.2) is 72.8 Å². The van der Waals surface area contributed by atoms with Gasteiger partial charge in [-0.25, -0.2) is 0 Å². The molecule has 3 aromatic rings. The van der Waals surface area contributed by atoms with Crippen LogP contribution in [0.4, 0.5) is 0 Å². The van der Waals surface area contributed by atoms with Gasteiger partial charge in [-0.05, 0) is 42.0 Å². The maximum atomic E-state index is 12.1. The molecule has 0 saturated heterocycles. The monoisotopic (exact) mass is 334 g/mol. The topological polar surface area (TPSA) is 67.4 Å². The molecular formula is C20H18N2O3. The lowest BCUT2D eigenvalue weighted by Crippen LogP contribution is -2.47. The first-order valence-corrected chi connectivity index (χ1v) is 7.94. The van der Waals surface area contributed by atoms with Crippen LogP contribution in [0.1, 0.15) is 17.3 Å². The molecule has 2 amide bonds. The minimum absolute atomic E-state index is 0.383.